The van der Waals surface area contributed by atoms with E-state index in [0.29, 0.717) is 11.1 Å². The van der Waals surface area contributed by atoms with Gasteiger partial charge in [0.05, 0.1) is 6.10 Å². The number of aliphatic hydroxyl groups excluding tert-OH is 1. The first-order valence-corrected chi connectivity index (χ1v) is 6.91. The standard InChI is InChI=1S/C13H20ClN3O/c1-8(18)4-3-7-15-12-9(2)11(14)16-13(17-12)10-5-6-10/h8,10,18H,3-7H2,1-2H3,(H,15,16,17). The summed E-state index contributed by atoms with van der Waals surface area (Å²) in [5, 5.41) is 13.0. The third kappa shape index (κ3) is 3.56. The lowest BCUT2D eigenvalue weighted by atomic mass is 10.2. The van der Waals surface area contributed by atoms with E-state index in [4.69, 9.17) is 11.6 Å². The van der Waals surface area contributed by atoms with E-state index in [0.717, 1.165) is 36.6 Å². The van der Waals surface area contributed by atoms with Gasteiger partial charge in [-0.2, -0.15) is 0 Å². The van der Waals surface area contributed by atoms with Gasteiger partial charge >= 0.3 is 0 Å². The Morgan fingerprint density at radius 3 is 2.78 bits per heavy atom. The SMILES string of the molecule is Cc1c(Cl)nc(C2CC2)nc1NCCCC(C)O. The summed E-state index contributed by atoms with van der Waals surface area (Å²) in [5.74, 6) is 2.20. The Morgan fingerprint density at radius 1 is 1.44 bits per heavy atom. The topological polar surface area (TPSA) is 58.0 Å². The summed E-state index contributed by atoms with van der Waals surface area (Å²) in [7, 11) is 0. The average Bonchev–Trinajstić information content (AvgIpc) is 3.13. The zero-order valence-electron chi connectivity index (χ0n) is 10.9. The molecule has 1 atom stereocenters. The van der Waals surface area contributed by atoms with Crippen LogP contribution in [0.2, 0.25) is 5.15 Å². The van der Waals surface area contributed by atoms with Gasteiger partial charge in [-0.25, -0.2) is 9.97 Å². The molecule has 1 fully saturated rings. The maximum Gasteiger partial charge on any atom is 0.137 e. The lowest BCUT2D eigenvalue weighted by Gasteiger charge is -2.11. The summed E-state index contributed by atoms with van der Waals surface area (Å²) in [5.41, 5.74) is 0.901. The van der Waals surface area contributed by atoms with Crippen LogP contribution >= 0.6 is 11.6 Å². The second-order valence-electron chi connectivity index (χ2n) is 5.04. The van der Waals surface area contributed by atoms with E-state index in [9.17, 15) is 5.11 Å². The lowest BCUT2D eigenvalue weighted by molar-refractivity contribution is 0.183. The van der Waals surface area contributed by atoms with E-state index in [1.807, 2.05) is 6.92 Å². The quantitative estimate of drug-likeness (QED) is 0.616. The van der Waals surface area contributed by atoms with Crippen LogP contribution in [-0.2, 0) is 0 Å². The molecule has 1 aliphatic rings. The number of nitrogens with zero attached hydrogens (tertiary/aromatic N) is 2. The molecule has 1 aromatic heterocycles. The van der Waals surface area contributed by atoms with Gasteiger partial charge in [-0.15, -0.1) is 0 Å². The van der Waals surface area contributed by atoms with Crippen LogP contribution in [0.25, 0.3) is 0 Å². The highest BCUT2D eigenvalue weighted by Gasteiger charge is 2.27. The molecule has 18 heavy (non-hydrogen) atoms. The molecular weight excluding hydrogens is 250 g/mol. The minimum absolute atomic E-state index is 0.246. The highest BCUT2D eigenvalue weighted by atomic mass is 35.5. The van der Waals surface area contributed by atoms with Gasteiger partial charge in [0.15, 0.2) is 0 Å². The largest absolute Gasteiger partial charge is 0.393 e. The molecule has 0 saturated heterocycles. The van der Waals surface area contributed by atoms with Crippen LogP contribution in [-0.4, -0.2) is 27.7 Å². The summed E-state index contributed by atoms with van der Waals surface area (Å²) in [4.78, 5) is 8.87. The Hall–Kier alpha value is -0.870. The summed E-state index contributed by atoms with van der Waals surface area (Å²) in [6.07, 6.45) is 3.79. The Bertz CT molecular complexity index is 419. The molecule has 0 radical (unpaired) electrons. The van der Waals surface area contributed by atoms with Crippen LogP contribution in [0, 0.1) is 6.92 Å². The molecule has 0 aliphatic heterocycles. The van der Waals surface area contributed by atoms with Gasteiger partial charge in [0.25, 0.3) is 0 Å². The molecule has 2 N–H and O–H groups in total. The zero-order chi connectivity index (χ0) is 13.1. The van der Waals surface area contributed by atoms with E-state index in [1.165, 1.54) is 12.8 Å². The number of aliphatic hydroxyl groups is 1. The van der Waals surface area contributed by atoms with Gasteiger partial charge in [-0.05, 0) is 39.5 Å². The molecule has 0 bridgehead atoms. The minimum atomic E-state index is -0.246. The van der Waals surface area contributed by atoms with Gasteiger partial charge in [-0.3, -0.25) is 0 Å². The summed E-state index contributed by atoms with van der Waals surface area (Å²) in [6, 6.07) is 0. The van der Waals surface area contributed by atoms with Gasteiger partial charge in [0, 0.05) is 18.0 Å². The van der Waals surface area contributed by atoms with E-state index in [-0.39, 0.29) is 6.10 Å². The molecule has 0 spiro atoms. The molecule has 1 aliphatic carbocycles. The number of aromatic nitrogens is 2. The van der Waals surface area contributed by atoms with Gasteiger partial charge in [0.2, 0.25) is 0 Å². The van der Waals surface area contributed by atoms with Crippen LogP contribution in [0.3, 0.4) is 0 Å². The van der Waals surface area contributed by atoms with Crippen molar-refractivity contribution in [2.75, 3.05) is 11.9 Å². The van der Waals surface area contributed by atoms with Crippen molar-refractivity contribution >= 4 is 17.4 Å². The van der Waals surface area contributed by atoms with Crippen molar-refractivity contribution in [1.29, 1.82) is 0 Å². The predicted octanol–water partition coefficient (Wildman–Crippen LogP) is 2.89. The maximum atomic E-state index is 9.20. The summed E-state index contributed by atoms with van der Waals surface area (Å²) < 4.78 is 0. The Kier molecular flexibility index (Phi) is 4.40. The minimum Gasteiger partial charge on any atom is -0.393 e. The van der Waals surface area contributed by atoms with Crippen molar-refractivity contribution in [2.45, 2.75) is 51.6 Å². The number of hydrogen-bond donors (Lipinski definition) is 2. The number of halogens is 1. The van der Waals surface area contributed by atoms with E-state index < -0.39 is 0 Å². The second kappa shape index (κ2) is 5.85. The molecule has 1 heterocycles. The molecule has 5 heteroatoms. The van der Waals surface area contributed by atoms with Crippen molar-refractivity contribution in [1.82, 2.24) is 9.97 Å². The van der Waals surface area contributed by atoms with Gasteiger partial charge in [-0.1, -0.05) is 11.6 Å². The Labute approximate surface area is 113 Å². The number of hydrogen-bond acceptors (Lipinski definition) is 4. The fourth-order valence-corrected chi connectivity index (χ4v) is 1.98. The second-order valence-corrected chi connectivity index (χ2v) is 5.40. The monoisotopic (exact) mass is 269 g/mol. The van der Waals surface area contributed by atoms with Crippen molar-refractivity contribution < 1.29 is 5.11 Å². The molecule has 100 valence electrons. The van der Waals surface area contributed by atoms with Crippen molar-refractivity contribution in [3.05, 3.63) is 16.5 Å². The van der Waals surface area contributed by atoms with Crippen LogP contribution < -0.4 is 5.32 Å². The maximum absolute atomic E-state index is 9.20. The van der Waals surface area contributed by atoms with Crippen molar-refractivity contribution in [2.24, 2.45) is 0 Å². The zero-order valence-corrected chi connectivity index (χ0v) is 11.7. The molecule has 2 rings (SSSR count). The Morgan fingerprint density at radius 2 is 2.17 bits per heavy atom. The first kappa shape index (κ1) is 13.6. The smallest absolute Gasteiger partial charge is 0.137 e. The van der Waals surface area contributed by atoms with Crippen LogP contribution in [0.15, 0.2) is 0 Å². The van der Waals surface area contributed by atoms with Crippen molar-refractivity contribution in [3.8, 4) is 0 Å². The third-order valence-electron chi connectivity index (χ3n) is 3.14. The lowest BCUT2D eigenvalue weighted by Crippen LogP contribution is -2.10. The molecule has 1 unspecified atom stereocenters. The van der Waals surface area contributed by atoms with Crippen LogP contribution in [0.5, 0.6) is 0 Å². The van der Waals surface area contributed by atoms with Crippen molar-refractivity contribution in [3.63, 3.8) is 0 Å². The highest BCUT2D eigenvalue weighted by Crippen LogP contribution is 2.39. The fraction of sp³-hybridized carbons (Fsp3) is 0.692. The average molecular weight is 270 g/mol. The predicted molar refractivity (Wildman–Crippen MR) is 73.2 cm³/mol. The first-order valence-electron chi connectivity index (χ1n) is 6.54. The van der Waals surface area contributed by atoms with E-state index >= 15 is 0 Å². The first-order chi connectivity index (χ1) is 8.58. The number of anilines is 1. The van der Waals surface area contributed by atoms with Crippen LogP contribution in [0.4, 0.5) is 5.82 Å². The molecule has 1 saturated carbocycles. The van der Waals surface area contributed by atoms with Gasteiger partial charge in [0.1, 0.15) is 16.8 Å². The molecule has 4 nitrogen and oxygen atoms in total. The molecular formula is C13H20ClN3O. The summed E-state index contributed by atoms with van der Waals surface area (Å²) in [6.45, 7) is 4.53. The normalized spacial score (nSPS) is 16.7. The number of rotatable bonds is 6. The Balaban J connectivity index is 1.97. The van der Waals surface area contributed by atoms with E-state index in [1.54, 1.807) is 6.92 Å². The molecule has 0 amide bonds. The van der Waals surface area contributed by atoms with E-state index in [2.05, 4.69) is 15.3 Å². The number of nitrogens with one attached hydrogen (secondary N) is 1. The third-order valence-corrected chi connectivity index (χ3v) is 3.51. The summed E-state index contributed by atoms with van der Waals surface area (Å²) >= 11 is 6.12. The molecule has 0 aromatic carbocycles. The van der Waals surface area contributed by atoms with Crippen LogP contribution in [0.1, 0.15) is 49.9 Å². The van der Waals surface area contributed by atoms with Gasteiger partial charge < -0.3 is 10.4 Å². The molecule has 1 aromatic rings. The highest BCUT2D eigenvalue weighted by molar-refractivity contribution is 6.30. The fourth-order valence-electron chi connectivity index (χ4n) is 1.81.